The Balaban J connectivity index is 2.15. The molecule has 0 N–H and O–H groups in total. The molecule has 0 aliphatic rings. The summed E-state index contributed by atoms with van der Waals surface area (Å²) in [5.74, 6) is -1.07. The van der Waals surface area contributed by atoms with Gasteiger partial charge in [0, 0.05) is 31.4 Å². The van der Waals surface area contributed by atoms with Gasteiger partial charge in [0.2, 0.25) is 5.91 Å². The van der Waals surface area contributed by atoms with Gasteiger partial charge in [-0.2, -0.15) is 18.3 Å². The van der Waals surface area contributed by atoms with Crippen LogP contribution in [0, 0.1) is 0 Å². The third-order valence-corrected chi connectivity index (χ3v) is 3.73. The fraction of sp³-hybridized carbons (Fsp3) is 0.316. The number of amides is 1. The van der Waals surface area contributed by atoms with Crippen LogP contribution in [-0.2, 0) is 34.1 Å². The maximum atomic E-state index is 12.7. The quantitative estimate of drug-likeness (QED) is 0.534. The number of aryl methyl sites for hydroxylation is 1. The van der Waals surface area contributed by atoms with Crippen molar-refractivity contribution in [3.63, 3.8) is 0 Å². The van der Waals surface area contributed by atoms with Gasteiger partial charge < -0.3 is 9.64 Å². The third-order valence-electron chi connectivity index (χ3n) is 3.73. The smallest absolute Gasteiger partial charge is 0.416 e. The molecule has 0 atom stereocenters. The fourth-order valence-corrected chi connectivity index (χ4v) is 2.39. The van der Waals surface area contributed by atoms with Gasteiger partial charge in [-0.25, -0.2) is 0 Å². The zero-order valence-corrected chi connectivity index (χ0v) is 15.4. The minimum atomic E-state index is -4.44. The number of ether oxygens (including phenoxy) is 1. The van der Waals surface area contributed by atoms with Crippen LogP contribution in [0.25, 0.3) is 6.08 Å². The standard InChI is InChI=1S/C19H20F3N3O3/c1-3-28-18(27)13-25(17(26)9-6-15-10-23-24(2)11-15)12-14-4-7-16(8-5-14)19(20,21)22/h4-11H,3,12-13H2,1-2H3/b9-6+. The van der Waals surface area contributed by atoms with E-state index in [0.717, 1.165) is 12.1 Å². The van der Waals surface area contributed by atoms with Crippen molar-refractivity contribution in [2.75, 3.05) is 13.2 Å². The molecule has 0 radical (unpaired) electrons. The molecule has 1 amide bonds. The number of hydrogen-bond acceptors (Lipinski definition) is 4. The molecule has 0 saturated heterocycles. The van der Waals surface area contributed by atoms with Crippen LogP contribution >= 0.6 is 0 Å². The lowest BCUT2D eigenvalue weighted by Crippen LogP contribution is -2.35. The number of benzene rings is 1. The summed E-state index contributed by atoms with van der Waals surface area (Å²) >= 11 is 0. The SMILES string of the molecule is CCOC(=O)CN(Cc1ccc(C(F)(F)F)cc1)C(=O)/C=C/c1cnn(C)c1. The van der Waals surface area contributed by atoms with Crippen molar-refractivity contribution in [3.05, 3.63) is 59.4 Å². The van der Waals surface area contributed by atoms with E-state index in [4.69, 9.17) is 4.74 Å². The molecule has 2 rings (SSSR count). The first-order valence-corrected chi connectivity index (χ1v) is 8.46. The molecule has 1 aromatic carbocycles. The second-order valence-corrected chi connectivity index (χ2v) is 5.97. The van der Waals surface area contributed by atoms with Gasteiger partial charge in [-0.15, -0.1) is 0 Å². The first-order valence-electron chi connectivity index (χ1n) is 8.46. The molecular weight excluding hydrogens is 375 g/mol. The number of carbonyl (C=O) groups excluding carboxylic acids is 2. The molecule has 0 aliphatic heterocycles. The Bertz CT molecular complexity index is 842. The number of rotatable bonds is 7. The third kappa shape index (κ3) is 6.26. The molecule has 0 bridgehead atoms. The van der Waals surface area contributed by atoms with Crippen LogP contribution in [-0.4, -0.2) is 39.7 Å². The summed E-state index contributed by atoms with van der Waals surface area (Å²) in [5.41, 5.74) is 0.373. The van der Waals surface area contributed by atoms with E-state index in [1.807, 2.05) is 0 Å². The van der Waals surface area contributed by atoms with Gasteiger partial charge in [-0.3, -0.25) is 14.3 Å². The van der Waals surface area contributed by atoms with Gasteiger partial charge >= 0.3 is 12.1 Å². The van der Waals surface area contributed by atoms with Crippen LogP contribution in [0.15, 0.2) is 42.7 Å². The van der Waals surface area contributed by atoms with Crippen LogP contribution in [0.4, 0.5) is 13.2 Å². The molecule has 0 saturated carbocycles. The molecule has 6 nitrogen and oxygen atoms in total. The topological polar surface area (TPSA) is 64.4 Å². The van der Waals surface area contributed by atoms with Gasteiger partial charge in [-0.05, 0) is 30.7 Å². The maximum absolute atomic E-state index is 12.7. The zero-order chi connectivity index (χ0) is 20.7. The van der Waals surface area contributed by atoms with E-state index in [0.29, 0.717) is 11.1 Å². The second kappa shape index (κ2) is 9.20. The maximum Gasteiger partial charge on any atom is 0.416 e. The zero-order valence-electron chi connectivity index (χ0n) is 15.4. The monoisotopic (exact) mass is 395 g/mol. The summed E-state index contributed by atoms with van der Waals surface area (Å²) in [4.78, 5) is 25.5. The minimum absolute atomic E-state index is 0.0346. The van der Waals surface area contributed by atoms with Gasteiger partial charge in [0.15, 0.2) is 0 Å². The Labute approximate surface area is 160 Å². The lowest BCUT2D eigenvalue weighted by Gasteiger charge is -2.20. The predicted molar refractivity (Wildman–Crippen MR) is 95.7 cm³/mol. The predicted octanol–water partition coefficient (Wildman–Crippen LogP) is 3.04. The van der Waals surface area contributed by atoms with Crippen LogP contribution in [0.5, 0.6) is 0 Å². The average molecular weight is 395 g/mol. The van der Waals surface area contributed by atoms with E-state index in [2.05, 4.69) is 5.10 Å². The molecule has 2 aromatic rings. The van der Waals surface area contributed by atoms with E-state index in [1.165, 1.54) is 23.1 Å². The molecule has 9 heteroatoms. The van der Waals surface area contributed by atoms with Gasteiger partial charge in [-0.1, -0.05) is 12.1 Å². The Morgan fingerprint density at radius 2 is 1.93 bits per heavy atom. The summed E-state index contributed by atoms with van der Waals surface area (Å²) < 4.78 is 44.5. The van der Waals surface area contributed by atoms with E-state index < -0.39 is 23.6 Å². The van der Waals surface area contributed by atoms with Crippen LogP contribution in [0.3, 0.4) is 0 Å². The number of halogens is 3. The largest absolute Gasteiger partial charge is 0.465 e. The lowest BCUT2D eigenvalue weighted by atomic mass is 10.1. The molecule has 0 aliphatic carbocycles. The first kappa shape index (κ1) is 21.2. The number of esters is 1. The van der Waals surface area contributed by atoms with E-state index in [1.54, 1.807) is 37.1 Å². The summed E-state index contributed by atoms with van der Waals surface area (Å²) in [6.07, 6.45) is 1.65. The number of aromatic nitrogens is 2. The minimum Gasteiger partial charge on any atom is -0.465 e. The summed E-state index contributed by atoms with van der Waals surface area (Å²) in [6.45, 7) is 1.45. The number of hydrogen-bond donors (Lipinski definition) is 0. The van der Waals surface area contributed by atoms with Crippen molar-refractivity contribution in [1.82, 2.24) is 14.7 Å². The molecule has 28 heavy (non-hydrogen) atoms. The van der Waals surface area contributed by atoms with Crippen molar-refractivity contribution in [2.24, 2.45) is 7.05 Å². The molecule has 0 spiro atoms. The second-order valence-electron chi connectivity index (χ2n) is 5.97. The normalized spacial score (nSPS) is 11.6. The van der Waals surface area contributed by atoms with Crippen LogP contribution in [0.2, 0.25) is 0 Å². The Morgan fingerprint density at radius 3 is 2.46 bits per heavy atom. The van der Waals surface area contributed by atoms with Crippen LogP contribution < -0.4 is 0 Å². The highest BCUT2D eigenvalue weighted by atomic mass is 19.4. The fourth-order valence-electron chi connectivity index (χ4n) is 2.39. The van der Waals surface area contributed by atoms with E-state index >= 15 is 0 Å². The van der Waals surface area contributed by atoms with Crippen molar-refractivity contribution < 1.29 is 27.5 Å². The molecule has 0 fully saturated rings. The van der Waals surface area contributed by atoms with Crippen molar-refractivity contribution in [3.8, 4) is 0 Å². The molecule has 0 unspecified atom stereocenters. The highest BCUT2D eigenvalue weighted by molar-refractivity contribution is 5.93. The molecular formula is C19H20F3N3O3. The van der Waals surface area contributed by atoms with E-state index in [-0.39, 0.29) is 19.7 Å². The summed E-state index contributed by atoms with van der Waals surface area (Å²) in [6, 6.07) is 4.43. The number of alkyl halides is 3. The summed E-state index contributed by atoms with van der Waals surface area (Å²) in [7, 11) is 1.73. The highest BCUT2D eigenvalue weighted by Crippen LogP contribution is 2.29. The van der Waals surface area contributed by atoms with Crippen LogP contribution in [0.1, 0.15) is 23.6 Å². The van der Waals surface area contributed by atoms with Crippen molar-refractivity contribution in [1.29, 1.82) is 0 Å². The van der Waals surface area contributed by atoms with Gasteiger partial charge in [0.25, 0.3) is 0 Å². The Morgan fingerprint density at radius 1 is 1.25 bits per heavy atom. The highest BCUT2D eigenvalue weighted by Gasteiger charge is 2.30. The lowest BCUT2D eigenvalue weighted by molar-refractivity contribution is -0.148. The average Bonchev–Trinajstić information content (AvgIpc) is 3.04. The van der Waals surface area contributed by atoms with E-state index in [9.17, 15) is 22.8 Å². The van der Waals surface area contributed by atoms with Crippen molar-refractivity contribution in [2.45, 2.75) is 19.6 Å². The number of carbonyl (C=O) groups is 2. The molecule has 1 aromatic heterocycles. The van der Waals surface area contributed by atoms with Gasteiger partial charge in [0.1, 0.15) is 6.54 Å². The summed E-state index contributed by atoms with van der Waals surface area (Å²) in [5, 5.41) is 3.98. The molecule has 1 heterocycles. The first-order chi connectivity index (χ1) is 13.2. The molecule has 150 valence electrons. The Kier molecular flexibility index (Phi) is 6.97. The van der Waals surface area contributed by atoms with Crippen molar-refractivity contribution >= 4 is 18.0 Å². The Hall–Kier alpha value is -3.10. The number of nitrogens with zero attached hydrogens (tertiary/aromatic N) is 3. The van der Waals surface area contributed by atoms with Gasteiger partial charge in [0.05, 0.1) is 18.4 Å².